The van der Waals surface area contributed by atoms with Gasteiger partial charge in [-0.2, -0.15) is 0 Å². The summed E-state index contributed by atoms with van der Waals surface area (Å²) in [5.41, 5.74) is 0.400. The molecule has 0 spiro atoms. The molecule has 5 nitrogen and oxygen atoms in total. The van der Waals surface area contributed by atoms with Crippen molar-refractivity contribution < 1.29 is 4.79 Å². The number of nitrogens with one attached hydrogen (secondary N) is 1. The molecule has 3 rings (SSSR count). The second-order valence-corrected chi connectivity index (χ2v) is 5.38. The molecule has 102 valence electrons. The van der Waals surface area contributed by atoms with E-state index in [2.05, 4.69) is 9.88 Å². The third kappa shape index (κ3) is 2.56. The van der Waals surface area contributed by atoms with Crippen molar-refractivity contribution >= 4 is 5.91 Å². The first-order valence-electron chi connectivity index (χ1n) is 6.96. The minimum Gasteiger partial charge on any atom is -0.336 e. The Labute approximate surface area is 112 Å². The third-order valence-electron chi connectivity index (χ3n) is 4.16. The fraction of sp³-hybridized carbons (Fsp3) is 0.571. The van der Waals surface area contributed by atoms with Crippen molar-refractivity contribution in [3.63, 3.8) is 0 Å². The zero-order chi connectivity index (χ0) is 13.2. The van der Waals surface area contributed by atoms with Gasteiger partial charge in [0.2, 0.25) is 5.56 Å². The molecule has 0 aromatic carbocycles. The van der Waals surface area contributed by atoms with Crippen LogP contribution in [0.5, 0.6) is 0 Å². The van der Waals surface area contributed by atoms with E-state index in [-0.39, 0.29) is 11.5 Å². The van der Waals surface area contributed by atoms with E-state index in [0.29, 0.717) is 11.6 Å². The molecule has 2 saturated heterocycles. The topological polar surface area (TPSA) is 56.4 Å². The molecule has 5 heteroatoms. The highest BCUT2D eigenvalue weighted by atomic mass is 16.2. The number of carbonyl (C=O) groups excluding carboxylic acids is 1. The number of carbonyl (C=O) groups is 1. The maximum absolute atomic E-state index is 12.4. The first-order chi connectivity index (χ1) is 9.24. The van der Waals surface area contributed by atoms with E-state index in [4.69, 9.17) is 0 Å². The summed E-state index contributed by atoms with van der Waals surface area (Å²) in [7, 11) is 0. The minimum atomic E-state index is -0.173. The van der Waals surface area contributed by atoms with Gasteiger partial charge >= 0.3 is 0 Å². The number of aromatic amines is 1. The van der Waals surface area contributed by atoms with Gasteiger partial charge < -0.3 is 9.88 Å². The third-order valence-corrected chi connectivity index (χ3v) is 4.16. The Morgan fingerprint density at radius 3 is 2.89 bits per heavy atom. The van der Waals surface area contributed by atoms with Crippen LogP contribution < -0.4 is 5.56 Å². The number of piperidine rings is 1. The highest BCUT2D eigenvalue weighted by molar-refractivity contribution is 5.93. The van der Waals surface area contributed by atoms with Crippen LogP contribution in [-0.2, 0) is 0 Å². The monoisotopic (exact) mass is 261 g/mol. The van der Waals surface area contributed by atoms with Crippen molar-refractivity contribution in [3.05, 3.63) is 34.2 Å². The lowest BCUT2D eigenvalue weighted by Crippen LogP contribution is -2.56. The van der Waals surface area contributed by atoms with Gasteiger partial charge in [0.15, 0.2) is 0 Å². The summed E-state index contributed by atoms with van der Waals surface area (Å²) < 4.78 is 0. The Bertz CT molecular complexity index is 505. The van der Waals surface area contributed by atoms with Gasteiger partial charge in [0.05, 0.1) is 5.56 Å². The van der Waals surface area contributed by atoms with Crippen LogP contribution in [0.2, 0.25) is 0 Å². The average Bonchev–Trinajstić information content (AvgIpc) is 2.47. The van der Waals surface area contributed by atoms with Crippen LogP contribution in [0, 0.1) is 0 Å². The molecule has 0 radical (unpaired) electrons. The van der Waals surface area contributed by atoms with E-state index in [0.717, 1.165) is 19.6 Å². The van der Waals surface area contributed by atoms with Crippen molar-refractivity contribution in [3.8, 4) is 0 Å². The largest absolute Gasteiger partial charge is 0.336 e. The molecule has 19 heavy (non-hydrogen) atoms. The summed E-state index contributed by atoms with van der Waals surface area (Å²) in [4.78, 5) is 30.4. The lowest BCUT2D eigenvalue weighted by molar-refractivity contribution is 0.0372. The number of nitrogens with zero attached hydrogens (tertiary/aromatic N) is 2. The molecule has 2 aliphatic heterocycles. The van der Waals surface area contributed by atoms with Gasteiger partial charge in [0, 0.05) is 37.9 Å². The van der Waals surface area contributed by atoms with Gasteiger partial charge in [0.25, 0.3) is 5.91 Å². The highest BCUT2D eigenvalue weighted by Gasteiger charge is 2.31. The number of amides is 1. The molecule has 1 aromatic rings. The molecule has 1 amide bonds. The quantitative estimate of drug-likeness (QED) is 0.809. The number of fused-ring (bicyclic) bond motifs is 1. The zero-order valence-electron chi connectivity index (χ0n) is 11.0. The van der Waals surface area contributed by atoms with E-state index in [1.165, 1.54) is 38.1 Å². The summed E-state index contributed by atoms with van der Waals surface area (Å²) in [6.45, 7) is 3.75. The molecule has 0 bridgehead atoms. The van der Waals surface area contributed by atoms with Crippen molar-refractivity contribution in [1.29, 1.82) is 0 Å². The van der Waals surface area contributed by atoms with Gasteiger partial charge in [-0.25, -0.2) is 0 Å². The normalized spacial score (nSPS) is 24.0. The number of pyridine rings is 1. The molecular formula is C14H19N3O2. The lowest BCUT2D eigenvalue weighted by atomic mass is 9.99. The van der Waals surface area contributed by atoms with Crippen molar-refractivity contribution in [2.24, 2.45) is 0 Å². The maximum Gasteiger partial charge on any atom is 0.255 e. The van der Waals surface area contributed by atoms with Crippen LogP contribution in [0.4, 0.5) is 0 Å². The molecule has 1 unspecified atom stereocenters. The summed E-state index contributed by atoms with van der Waals surface area (Å²) in [6, 6.07) is 3.53. The Morgan fingerprint density at radius 1 is 1.21 bits per heavy atom. The molecule has 2 aliphatic rings. The molecule has 0 aliphatic carbocycles. The van der Waals surface area contributed by atoms with Crippen molar-refractivity contribution in [1.82, 2.24) is 14.8 Å². The molecule has 0 saturated carbocycles. The summed E-state index contributed by atoms with van der Waals surface area (Å²) in [5.74, 6) is 0.0291. The second kappa shape index (κ2) is 5.17. The zero-order valence-corrected chi connectivity index (χ0v) is 11.0. The molecule has 2 fully saturated rings. The van der Waals surface area contributed by atoms with Gasteiger partial charge in [-0.15, -0.1) is 0 Å². The smallest absolute Gasteiger partial charge is 0.255 e. The molecule has 1 aromatic heterocycles. The Kier molecular flexibility index (Phi) is 3.38. The minimum absolute atomic E-state index is 0.0291. The predicted octanol–water partition coefficient (Wildman–Crippen LogP) is 0.685. The Hall–Kier alpha value is -1.62. The predicted molar refractivity (Wildman–Crippen MR) is 72.2 cm³/mol. The molecular weight excluding hydrogens is 242 g/mol. The van der Waals surface area contributed by atoms with E-state index in [1.54, 1.807) is 6.07 Å². The fourth-order valence-electron chi connectivity index (χ4n) is 3.07. The van der Waals surface area contributed by atoms with Gasteiger partial charge in [-0.3, -0.25) is 14.5 Å². The number of piperazine rings is 1. The van der Waals surface area contributed by atoms with Gasteiger partial charge in [0.1, 0.15) is 0 Å². The fourth-order valence-corrected chi connectivity index (χ4v) is 3.07. The molecule has 1 atom stereocenters. The standard InChI is InChI=1S/C14H19N3O2/c18-13-5-4-11(9-15-13)14(19)17-8-7-16-6-2-1-3-12(16)10-17/h4-5,9,12H,1-3,6-8,10H2,(H,15,18). The average molecular weight is 261 g/mol. The highest BCUT2D eigenvalue weighted by Crippen LogP contribution is 2.21. The first-order valence-corrected chi connectivity index (χ1v) is 6.96. The van der Waals surface area contributed by atoms with E-state index >= 15 is 0 Å². The van der Waals surface area contributed by atoms with Gasteiger partial charge in [-0.1, -0.05) is 6.42 Å². The van der Waals surface area contributed by atoms with E-state index in [1.807, 2.05) is 4.90 Å². The lowest BCUT2D eigenvalue weighted by Gasteiger charge is -2.44. The summed E-state index contributed by atoms with van der Waals surface area (Å²) in [5, 5.41) is 0. The number of aromatic nitrogens is 1. The maximum atomic E-state index is 12.4. The van der Waals surface area contributed by atoms with Crippen LogP contribution in [-0.4, -0.2) is 52.9 Å². The number of H-pyrrole nitrogens is 1. The van der Waals surface area contributed by atoms with Crippen molar-refractivity contribution in [2.45, 2.75) is 25.3 Å². The van der Waals surface area contributed by atoms with E-state index < -0.39 is 0 Å². The van der Waals surface area contributed by atoms with Crippen molar-refractivity contribution in [2.75, 3.05) is 26.2 Å². The van der Waals surface area contributed by atoms with Crippen LogP contribution in [0.3, 0.4) is 0 Å². The molecule has 3 heterocycles. The number of hydrogen-bond acceptors (Lipinski definition) is 3. The summed E-state index contributed by atoms with van der Waals surface area (Å²) >= 11 is 0. The number of rotatable bonds is 1. The van der Waals surface area contributed by atoms with Crippen LogP contribution in [0.25, 0.3) is 0 Å². The SMILES string of the molecule is O=C(c1ccc(=O)[nH]c1)N1CCN2CCCCC2C1. The Morgan fingerprint density at radius 2 is 2.11 bits per heavy atom. The van der Waals surface area contributed by atoms with Crippen LogP contribution in [0.1, 0.15) is 29.6 Å². The second-order valence-electron chi connectivity index (χ2n) is 5.38. The first kappa shape index (κ1) is 12.4. The van der Waals surface area contributed by atoms with Crippen LogP contribution in [0.15, 0.2) is 23.1 Å². The van der Waals surface area contributed by atoms with E-state index in [9.17, 15) is 9.59 Å². The van der Waals surface area contributed by atoms with Gasteiger partial charge in [-0.05, 0) is 25.5 Å². The molecule has 1 N–H and O–H groups in total. The number of hydrogen-bond donors (Lipinski definition) is 1. The Balaban J connectivity index is 1.70. The van der Waals surface area contributed by atoms with Crippen LogP contribution >= 0.6 is 0 Å². The summed E-state index contributed by atoms with van der Waals surface area (Å²) in [6.07, 6.45) is 5.25.